The number of hydrogen-bond donors (Lipinski definition) is 1. The molecule has 1 heterocycles. The zero-order chi connectivity index (χ0) is 15.6. The fourth-order valence-electron chi connectivity index (χ4n) is 1.82. The number of furan rings is 1. The van der Waals surface area contributed by atoms with E-state index < -0.39 is 28.6 Å². The van der Waals surface area contributed by atoms with Gasteiger partial charge in [0.1, 0.15) is 10.7 Å². The summed E-state index contributed by atoms with van der Waals surface area (Å²) >= 11 is 0. The molecule has 1 aromatic heterocycles. The van der Waals surface area contributed by atoms with E-state index in [0.29, 0.717) is 5.56 Å². The minimum atomic E-state index is -4.39. The van der Waals surface area contributed by atoms with E-state index in [4.69, 9.17) is 10.2 Å². The monoisotopic (exact) mass is 300 g/mol. The molecule has 0 bridgehead atoms. The van der Waals surface area contributed by atoms with Gasteiger partial charge in [0.15, 0.2) is 0 Å². The molecule has 112 valence electrons. The predicted octanol–water partition coefficient (Wildman–Crippen LogP) is 3.45. The van der Waals surface area contributed by atoms with Gasteiger partial charge in [0, 0.05) is 0 Å². The van der Waals surface area contributed by atoms with E-state index in [2.05, 4.69) is 0 Å². The first kappa shape index (κ1) is 15.0. The highest BCUT2D eigenvalue weighted by molar-refractivity contribution is 5.27. The third-order valence-corrected chi connectivity index (χ3v) is 2.89. The quantitative estimate of drug-likeness (QED) is 0.692. The summed E-state index contributed by atoms with van der Waals surface area (Å²) < 4.78 is 42.2. The summed E-state index contributed by atoms with van der Waals surface area (Å²) in [5, 5.41) is 10.5. The molecular formula is C13H11F3N2O3. The number of nitro groups is 1. The van der Waals surface area contributed by atoms with Gasteiger partial charge >= 0.3 is 12.1 Å². The number of rotatable bonds is 4. The lowest BCUT2D eigenvalue weighted by Crippen LogP contribution is -2.13. The van der Waals surface area contributed by atoms with Gasteiger partial charge in [-0.15, -0.1) is 0 Å². The van der Waals surface area contributed by atoms with Gasteiger partial charge in [0.05, 0.1) is 17.7 Å². The lowest BCUT2D eigenvalue weighted by atomic mass is 10.0. The summed E-state index contributed by atoms with van der Waals surface area (Å²) in [5.74, 6) is -0.213. The van der Waals surface area contributed by atoms with E-state index in [1.165, 1.54) is 24.3 Å². The van der Waals surface area contributed by atoms with E-state index in [1.807, 2.05) is 0 Å². The van der Waals surface area contributed by atoms with Crippen LogP contribution in [0.15, 0.2) is 40.8 Å². The Morgan fingerprint density at radius 3 is 2.29 bits per heavy atom. The van der Waals surface area contributed by atoms with E-state index in [0.717, 1.165) is 12.1 Å². The normalized spacial score (nSPS) is 13.1. The molecule has 8 heteroatoms. The Morgan fingerprint density at radius 1 is 1.19 bits per heavy atom. The molecule has 0 aliphatic carbocycles. The number of alkyl halides is 3. The molecule has 2 rings (SSSR count). The van der Waals surface area contributed by atoms with Crippen LogP contribution < -0.4 is 5.73 Å². The second-order valence-corrected chi connectivity index (χ2v) is 4.44. The summed E-state index contributed by atoms with van der Waals surface area (Å²) in [6.07, 6.45) is -4.18. The molecule has 0 amide bonds. The van der Waals surface area contributed by atoms with E-state index in [1.54, 1.807) is 0 Å². The van der Waals surface area contributed by atoms with E-state index in [-0.39, 0.29) is 12.2 Å². The number of benzene rings is 1. The Kier molecular flexibility index (Phi) is 3.99. The van der Waals surface area contributed by atoms with Crippen molar-refractivity contribution in [3.05, 3.63) is 63.4 Å². The number of nitrogens with two attached hydrogens (primary N) is 1. The molecule has 1 atom stereocenters. The predicted molar refractivity (Wildman–Crippen MR) is 67.4 cm³/mol. The van der Waals surface area contributed by atoms with Crippen LogP contribution in [0.2, 0.25) is 0 Å². The molecule has 0 saturated heterocycles. The molecule has 0 fully saturated rings. The smallest absolute Gasteiger partial charge is 0.404 e. The zero-order valence-corrected chi connectivity index (χ0v) is 10.6. The average molecular weight is 300 g/mol. The van der Waals surface area contributed by atoms with Crippen LogP contribution in [-0.2, 0) is 12.6 Å². The van der Waals surface area contributed by atoms with Gasteiger partial charge in [-0.1, -0.05) is 12.1 Å². The van der Waals surface area contributed by atoms with Gasteiger partial charge < -0.3 is 10.2 Å². The molecule has 2 N–H and O–H groups in total. The molecule has 0 aliphatic rings. The van der Waals surface area contributed by atoms with Crippen molar-refractivity contribution in [2.75, 3.05) is 0 Å². The molecule has 5 nitrogen and oxygen atoms in total. The average Bonchev–Trinajstić information content (AvgIpc) is 2.88. The molecule has 2 aromatic rings. The van der Waals surface area contributed by atoms with Crippen LogP contribution in [-0.4, -0.2) is 4.92 Å². The minimum absolute atomic E-state index is 0.210. The number of halogens is 3. The van der Waals surface area contributed by atoms with Gasteiger partial charge in [0.25, 0.3) is 0 Å². The van der Waals surface area contributed by atoms with Crippen molar-refractivity contribution in [1.29, 1.82) is 0 Å². The van der Waals surface area contributed by atoms with E-state index in [9.17, 15) is 23.3 Å². The third-order valence-electron chi connectivity index (χ3n) is 2.89. The Bertz CT molecular complexity index is 635. The standard InChI is InChI=1S/C13H11F3N2O3/c14-13(15,16)9-3-1-8(2-4-9)7-10(17)11-5-6-12(21-11)18(19)20/h1-6,10H,7,17H2. The van der Waals surface area contributed by atoms with Gasteiger partial charge in [-0.3, -0.25) is 10.1 Å². The van der Waals surface area contributed by atoms with Crippen LogP contribution in [0.3, 0.4) is 0 Å². The first-order valence-electron chi connectivity index (χ1n) is 5.93. The fourth-order valence-corrected chi connectivity index (χ4v) is 1.82. The first-order chi connectivity index (χ1) is 9.77. The van der Waals surface area contributed by atoms with Crippen LogP contribution in [0.4, 0.5) is 19.1 Å². The van der Waals surface area contributed by atoms with Crippen molar-refractivity contribution < 1.29 is 22.5 Å². The number of nitrogens with zero attached hydrogens (tertiary/aromatic N) is 1. The van der Waals surface area contributed by atoms with Crippen molar-refractivity contribution in [3.63, 3.8) is 0 Å². The summed E-state index contributed by atoms with van der Waals surface area (Å²) in [6.45, 7) is 0. The van der Waals surface area contributed by atoms with Crippen LogP contribution in [0, 0.1) is 10.1 Å². The van der Waals surface area contributed by atoms with E-state index >= 15 is 0 Å². The highest BCUT2D eigenvalue weighted by Crippen LogP contribution is 2.30. The topological polar surface area (TPSA) is 82.3 Å². The second kappa shape index (κ2) is 5.57. The summed E-state index contributed by atoms with van der Waals surface area (Å²) in [5.41, 5.74) is 5.66. The summed E-state index contributed by atoms with van der Waals surface area (Å²) in [6, 6.07) is 6.46. The second-order valence-electron chi connectivity index (χ2n) is 4.44. The molecule has 1 aromatic carbocycles. The fraction of sp³-hybridized carbons (Fsp3) is 0.231. The van der Waals surface area contributed by atoms with Crippen molar-refractivity contribution in [1.82, 2.24) is 0 Å². The highest BCUT2D eigenvalue weighted by atomic mass is 19.4. The molecular weight excluding hydrogens is 289 g/mol. The first-order valence-corrected chi connectivity index (χ1v) is 5.93. The van der Waals surface area contributed by atoms with Crippen LogP contribution in [0.1, 0.15) is 22.9 Å². The molecule has 0 radical (unpaired) electrons. The molecule has 0 saturated carbocycles. The van der Waals surface area contributed by atoms with Gasteiger partial charge in [-0.25, -0.2) is 0 Å². The molecule has 0 aliphatic heterocycles. The van der Waals surface area contributed by atoms with Crippen molar-refractivity contribution >= 4 is 5.88 Å². The summed E-state index contributed by atoms with van der Waals surface area (Å²) in [4.78, 5) is 9.80. The van der Waals surface area contributed by atoms with Crippen LogP contribution >= 0.6 is 0 Å². The maximum atomic E-state index is 12.4. The van der Waals surface area contributed by atoms with Crippen LogP contribution in [0.25, 0.3) is 0 Å². The van der Waals surface area contributed by atoms with Gasteiger partial charge in [0.2, 0.25) is 0 Å². The Hall–Kier alpha value is -2.35. The third kappa shape index (κ3) is 3.60. The summed E-state index contributed by atoms with van der Waals surface area (Å²) in [7, 11) is 0. The Balaban J connectivity index is 2.08. The zero-order valence-electron chi connectivity index (χ0n) is 10.6. The molecule has 1 unspecified atom stereocenters. The largest absolute Gasteiger partial charge is 0.433 e. The van der Waals surface area contributed by atoms with Crippen molar-refractivity contribution in [3.8, 4) is 0 Å². The van der Waals surface area contributed by atoms with Gasteiger partial charge in [-0.2, -0.15) is 13.2 Å². The maximum Gasteiger partial charge on any atom is 0.433 e. The lowest BCUT2D eigenvalue weighted by molar-refractivity contribution is -0.402. The SMILES string of the molecule is NC(Cc1ccc(C(F)(F)F)cc1)c1ccc([N+](=O)[O-])o1. The lowest BCUT2D eigenvalue weighted by Gasteiger charge is -2.10. The maximum absolute atomic E-state index is 12.4. The Morgan fingerprint density at radius 2 is 1.81 bits per heavy atom. The minimum Gasteiger partial charge on any atom is -0.404 e. The van der Waals surface area contributed by atoms with Crippen molar-refractivity contribution in [2.24, 2.45) is 5.73 Å². The highest BCUT2D eigenvalue weighted by Gasteiger charge is 2.30. The van der Waals surface area contributed by atoms with Gasteiger partial charge in [-0.05, 0) is 30.2 Å². The number of hydrogen-bond acceptors (Lipinski definition) is 4. The molecule has 21 heavy (non-hydrogen) atoms. The molecule has 0 spiro atoms. The van der Waals surface area contributed by atoms with Crippen LogP contribution in [0.5, 0.6) is 0 Å². The Labute approximate surface area is 117 Å². The van der Waals surface area contributed by atoms with Crippen molar-refractivity contribution in [2.45, 2.75) is 18.6 Å².